The molecular weight excluding hydrogens is 111 g/mol. The van der Waals surface area contributed by atoms with Crippen LogP contribution in [0.15, 0.2) is 13.2 Å². The molecule has 0 heterocycles. The van der Waals surface area contributed by atoms with E-state index in [2.05, 4.69) is 13.2 Å². The molecule has 0 atom stereocenters. The van der Waals surface area contributed by atoms with E-state index in [-0.39, 0.29) is 29.1 Å². The zero-order valence-electron chi connectivity index (χ0n) is 3.16. The van der Waals surface area contributed by atoms with E-state index < -0.39 is 0 Å². The van der Waals surface area contributed by atoms with Crippen molar-refractivity contribution in [2.45, 2.75) is 0 Å². The monoisotopic (exact) mass is 121 g/mol. The first kappa shape index (κ1) is 65.9. The summed E-state index contributed by atoms with van der Waals surface area (Å²) in [5, 5.41) is 0. The Hall–Kier alpha value is 0.166. The Labute approximate surface area is 43.0 Å². The van der Waals surface area contributed by atoms with Gasteiger partial charge in [0.2, 0.25) is 0 Å². The first-order valence-electron chi connectivity index (χ1n) is 0.500. The molecule has 0 unspecified atom stereocenters. The molecule has 0 aromatic carbocycles. The van der Waals surface area contributed by atoms with Gasteiger partial charge in [-0.3, -0.25) is 0 Å². The van der Waals surface area contributed by atoms with Crippen molar-refractivity contribution < 1.29 is 16.8 Å². The van der Waals surface area contributed by atoms with Crippen molar-refractivity contribution in [1.29, 1.82) is 0 Å². The van der Waals surface area contributed by atoms with Crippen molar-refractivity contribution >= 4 is 0 Å². The van der Waals surface area contributed by atoms with Crippen LogP contribution in [0.5, 0.6) is 0 Å². The Balaban J connectivity index is -0.00000000167. The third-order valence-electron chi connectivity index (χ3n) is 0. The van der Waals surface area contributed by atoms with Crippen molar-refractivity contribution in [2.24, 2.45) is 0 Å². The maximum atomic E-state index is 3.00. The molecular formula is C2H10CoN2. The fourth-order valence-corrected chi connectivity index (χ4v) is 0. The molecule has 0 aliphatic rings. The van der Waals surface area contributed by atoms with Gasteiger partial charge in [0.1, 0.15) is 0 Å². The van der Waals surface area contributed by atoms with Gasteiger partial charge in [0.25, 0.3) is 0 Å². The summed E-state index contributed by atoms with van der Waals surface area (Å²) in [6.07, 6.45) is 0. The zero-order valence-corrected chi connectivity index (χ0v) is 4.20. The molecule has 2 nitrogen and oxygen atoms in total. The SMILES string of the molecule is C=C.N.N.[Co]. The summed E-state index contributed by atoms with van der Waals surface area (Å²) in [4.78, 5) is 0. The molecule has 3 heteroatoms. The van der Waals surface area contributed by atoms with Crippen LogP contribution >= 0.6 is 0 Å². The largest absolute Gasteiger partial charge is 0.344 e. The Bertz CT molecular complexity index is 7.61. The van der Waals surface area contributed by atoms with Gasteiger partial charge in [-0.25, -0.2) is 0 Å². The van der Waals surface area contributed by atoms with Crippen LogP contribution in [-0.2, 0) is 16.8 Å². The molecule has 0 amide bonds. The van der Waals surface area contributed by atoms with Crippen molar-refractivity contribution in [3.8, 4) is 0 Å². The Morgan fingerprint density at radius 1 is 0.800 bits per heavy atom. The molecule has 6 N–H and O–H groups in total. The number of hydrogen-bond donors (Lipinski definition) is 2. The van der Waals surface area contributed by atoms with Gasteiger partial charge in [0.05, 0.1) is 0 Å². The zero-order chi connectivity index (χ0) is 2.00. The van der Waals surface area contributed by atoms with Gasteiger partial charge in [0, 0.05) is 16.8 Å². The first-order chi connectivity index (χ1) is 1.00. The fraction of sp³-hybridized carbons (Fsp3) is 0. The minimum absolute atomic E-state index is 0. The fourth-order valence-electron chi connectivity index (χ4n) is 0. The van der Waals surface area contributed by atoms with Crippen molar-refractivity contribution in [1.82, 2.24) is 12.3 Å². The molecule has 0 bridgehead atoms. The van der Waals surface area contributed by atoms with Crippen molar-refractivity contribution in [2.75, 3.05) is 0 Å². The maximum Gasteiger partial charge on any atom is 0 e. The van der Waals surface area contributed by atoms with E-state index in [0.29, 0.717) is 0 Å². The Kier molecular flexibility index (Phi) is 19900. The average Bonchev–Trinajstić information content (AvgIpc) is 1.00. The van der Waals surface area contributed by atoms with E-state index in [0.717, 1.165) is 0 Å². The van der Waals surface area contributed by atoms with Gasteiger partial charge < -0.3 is 12.3 Å². The van der Waals surface area contributed by atoms with Crippen LogP contribution in [0.25, 0.3) is 0 Å². The summed E-state index contributed by atoms with van der Waals surface area (Å²) >= 11 is 0. The Morgan fingerprint density at radius 3 is 0.800 bits per heavy atom. The summed E-state index contributed by atoms with van der Waals surface area (Å²) in [7, 11) is 0. The third kappa shape index (κ3) is 705. The van der Waals surface area contributed by atoms with Gasteiger partial charge in [0.15, 0.2) is 0 Å². The summed E-state index contributed by atoms with van der Waals surface area (Å²) in [5.74, 6) is 0. The van der Waals surface area contributed by atoms with Crippen LogP contribution in [0.1, 0.15) is 0 Å². The summed E-state index contributed by atoms with van der Waals surface area (Å²) in [5.41, 5.74) is 0. The molecule has 0 aliphatic heterocycles. The molecule has 0 saturated carbocycles. The van der Waals surface area contributed by atoms with Crippen LogP contribution < -0.4 is 12.3 Å². The van der Waals surface area contributed by atoms with E-state index >= 15 is 0 Å². The molecule has 37 valence electrons. The minimum Gasteiger partial charge on any atom is -0.344 e. The first-order valence-corrected chi connectivity index (χ1v) is 0.500. The minimum atomic E-state index is 0. The molecule has 0 aromatic heterocycles. The van der Waals surface area contributed by atoms with E-state index in [1.54, 1.807) is 0 Å². The predicted molar refractivity (Wildman–Crippen MR) is 21.3 cm³/mol. The van der Waals surface area contributed by atoms with Gasteiger partial charge in [-0.05, 0) is 0 Å². The average molecular weight is 121 g/mol. The van der Waals surface area contributed by atoms with Crippen LogP contribution in [0.4, 0.5) is 0 Å². The normalized spacial score (nSPS) is 0.800. The number of hydrogen-bond acceptors (Lipinski definition) is 2. The quantitative estimate of drug-likeness (QED) is 0.471. The molecule has 0 aromatic rings. The van der Waals surface area contributed by atoms with E-state index in [1.807, 2.05) is 0 Å². The van der Waals surface area contributed by atoms with Crippen LogP contribution in [0, 0.1) is 0 Å². The molecule has 0 aliphatic carbocycles. The summed E-state index contributed by atoms with van der Waals surface area (Å²) in [6, 6.07) is 0. The standard InChI is InChI=1S/C2H4.Co.2H3N/c1-2;;;/h1-2H2;;2*1H3. The second-order valence-electron chi connectivity index (χ2n) is 0. The smallest absolute Gasteiger partial charge is 0 e. The Morgan fingerprint density at radius 2 is 0.800 bits per heavy atom. The van der Waals surface area contributed by atoms with E-state index in [9.17, 15) is 0 Å². The number of rotatable bonds is 0. The maximum absolute atomic E-state index is 3.00. The van der Waals surface area contributed by atoms with Gasteiger partial charge in [-0.1, -0.05) is 0 Å². The molecule has 0 saturated heterocycles. The van der Waals surface area contributed by atoms with Crippen molar-refractivity contribution in [3.63, 3.8) is 0 Å². The predicted octanol–water partition coefficient (Wildman–Crippen LogP) is 1.12. The van der Waals surface area contributed by atoms with Crippen LogP contribution in [0.3, 0.4) is 0 Å². The van der Waals surface area contributed by atoms with E-state index in [1.165, 1.54) is 0 Å². The molecule has 5 heavy (non-hydrogen) atoms. The topological polar surface area (TPSA) is 70.0 Å². The second-order valence-corrected chi connectivity index (χ2v) is 0. The van der Waals surface area contributed by atoms with Gasteiger partial charge in [-0.2, -0.15) is 0 Å². The van der Waals surface area contributed by atoms with Crippen LogP contribution in [-0.4, -0.2) is 0 Å². The van der Waals surface area contributed by atoms with Crippen molar-refractivity contribution in [3.05, 3.63) is 13.2 Å². The van der Waals surface area contributed by atoms with Gasteiger partial charge in [-0.15, -0.1) is 13.2 Å². The molecule has 0 rings (SSSR count). The molecule has 1 radical (unpaired) electrons. The second kappa shape index (κ2) is 1510. The van der Waals surface area contributed by atoms with Gasteiger partial charge >= 0.3 is 0 Å². The summed E-state index contributed by atoms with van der Waals surface area (Å²) < 4.78 is 0. The van der Waals surface area contributed by atoms with E-state index in [4.69, 9.17) is 0 Å². The summed E-state index contributed by atoms with van der Waals surface area (Å²) in [6.45, 7) is 6.00. The molecule has 0 spiro atoms. The molecule has 0 fully saturated rings. The van der Waals surface area contributed by atoms with Crippen LogP contribution in [0.2, 0.25) is 0 Å². The third-order valence-corrected chi connectivity index (χ3v) is 0.